The minimum atomic E-state index is -2.84. The van der Waals surface area contributed by atoms with Crippen molar-refractivity contribution in [2.45, 2.75) is 32.7 Å². The van der Waals surface area contributed by atoms with Crippen LogP contribution in [0.3, 0.4) is 0 Å². The molecule has 0 aromatic heterocycles. The van der Waals surface area contributed by atoms with Crippen molar-refractivity contribution in [2.24, 2.45) is 0 Å². The molecule has 0 spiro atoms. The number of nitrogens with one attached hydrogen (secondary N) is 1. The molecule has 1 unspecified atom stereocenters. The second-order valence-corrected chi connectivity index (χ2v) is 8.20. The van der Waals surface area contributed by atoms with E-state index in [9.17, 15) is 8.42 Å². The van der Waals surface area contributed by atoms with Gasteiger partial charge in [0.2, 0.25) is 0 Å². The maximum atomic E-state index is 11.5. The summed E-state index contributed by atoms with van der Waals surface area (Å²) >= 11 is 0. The van der Waals surface area contributed by atoms with Gasteiger partial charge in [-0.1, -0.05) is 19.1 Å². The quantitative estimate of drug-likeness (QED) is 0.838. The molecule has 2 rings (SSSR count). The average molecular weight is 310 g/mol. The van der Waals surface area contributed by atoms with Gasteiger partial charge in [-0.15, -0.1) is 0 Å². The molecule has 1 aliphatic heterocycles. The van der Waals surface area contributed by atoms with Gasteiger partial charge in [0.05, 0.1) is 5.75 Å². The molecule has 0 aliphatic carbocycles. The molecule has 0 saturated carbocycles. The summed E-state index contributed by atoms with van der Waals surface area (Å²) in [6, 6.07) is 6.99. The number of rotatable bonds is 7. The number of sulfone groups is 1. The van der Waals surface area contributed by atoms with Crippen molar-refractivity contribution in [3.8, 4) is 0 Å². The number of benzene rings is 1. The zero-order chi connectivity index (χ0) is 15.5. The molecule has 1 atom stereocenters. The van der Waals surface area contributed by atoms with Gasteiger partial charge in [0.1, 0.15) is 9.84 Å². The van der Waals surface area contributed by atoms with Crippen LogP contribution < -0.4 is 10.2 Å². The van der Waals surface area contributed by atoms with Gasteiger partial charge in [-0.05, 0) is 44.0 Å². The average Bonchev–Trinajstić information content (AvgIpc) is 2.88. The SMILES string of the molecule is CCS(=O)(=O)CCCN1CCc2cc(C(C)NC)ccc21. The number of fused-ring (bicyclic) bond motifs is 1. The van der Waals surface area contributed by atoms with Crippen LogP contribution in [0.25, 0.3) is 0 Å². The molecule has 0 saturated heterocycles. The van der Waals surface area contributed by atoms with E-state index >= 15 is 0 Å². The van der Waals surface area contributed by atoms with Gasteiger partial charge in [0.25, 0.3) is 0 Å². The van der Waals surface area contributed by atoms with Gasteiger partial charge < -0.3 is 10.2 Å². The smallest absolute Gasteiger partial charge is 0.150 e. The van der Waals surface area contributed by atoms with Gasteiger partial charge in [0, 0.05) is 30.6 Å². The largest absolute Gasteiger partial charge is 0.371 e. The van der Waals surface area contributed by atoms with E-state index in [0.29, 0.717) is 18.2 Å². The lowest BCUT2D eigenvalue weighted by atomic mass is 10.0. The highest BCUT2D eigenvalue weighted by molar-refractivity contribution is 7.91. The molecule has 21 heavy (non-hydrogen) atoms. The number of hydrogen-bond donors (Lipinski definition) is 1. The summed E-state index contributed by atoms with van der Waals surface area (Å²) < 4.78 is 23.1. The minimum Gasteiger partial charge on any atom is -0.371 e. The molecule has 0 amide bonds. The molecule has 1 aromatic carbocycles. The summed E-state index contributed by atoms with van der Waals surface area (Å²) in [5.74, 6) is 0.541. The molecule has 4 nitrogen and oxygen atoms in total. The first kappa shape index (κ1) is 16.3. The zero-order valence-electron chi connectivity index (χ0n) is 13.2. The number of anilines is 1. The summed E-state index contributed by atoms with van der Waals surface area (Å²) in [4.78, 5) is 2.31. The Kier molecular flexibility index (Phi) is 5.27. The van der Waals surface area contributed by atoms with E-state index in [-0.39, 0.29) is 5.75 Å². The van der Waals surface area contributed by atoms with Crippen molar-refractivity contribution in [3.63, 3.8) is 0 Å². The van der Waals surface area contributed by atoms with Crippen LogP contribution in [-0.2, 0) is 16.3 Å². The van der Waals surface area contributed by atoms with Crippen molar-refractivity contribution >= 4 is 15.5 Å². The van der Waals surface area contributed by atoms with Crippen LogP contribution in [0.1, 0.15) is 37.4 Å². The third kappa shape index (κ3) is 3.98. The topological polar surface area (TPSA) is 49.4 Å². The van der Waals surface area contributed by atoms with E-state index in [2.05, 4.69) is 35.3 Å². The van der Waals surface area contributed by atoms with E-state index in [1.165, 1.54) is 16.8 Å². The van der Waals surface area contributed by atoms with Gasteiger partial charge in [-0.25, -0.2) is 8.42 Å². The summed E-state index contributed by atoms with van der Waals surface area (Å²) in [6.45, 7) is 5.70. The highest BCUT2D eigenvalue weighted by Gasteiger charge is 2.20. The minimum absolute atomic E-state index is 0.245. The number of hydrogen-bond acceptors (Lipinski definition) is 4. The Balaban J connectivity index is 1.99. The fourth-order valence-electron chi connectivity index (χ4n) is 2.78. The molecule has 118 valence electrons. The van der Waals surface area contributed by atoms with Crippen LogP contribution in [-0.4, -0.2) is 40.1 Å². The molecule has 5 heteroatoms. The van der Waals surface area contributed by atoms with E-state index in [0.717, 1.165) is 19.5 Å². The van der Waals surface area contributed by atoms with Crippen molar-refractivity contribution in [1.82, 2.24) is 5.32 Å². The molecule has 0 radical (unpaired) electrons. The van der Waals surface area contributed by atoms with Crippen LogP contribution >= 0.6 is 0 Å². The van der Waals surface area contributed by atoms with Crippen molar-refractivity contribution < 1.29 is 8.42 Å². The monoisotopic (exact) mass is 310 g/mol. The molecule has 0 bridgehead atoms. The highest BCUT2D eigenvalue weighted by atomic mass is 32.2. The summed E-state index contributed by atoms with van der Waals surface area (Å²) in [6.07, 6.45) is 1.77. The molecular formula is C16H26N2O2S. The predicted molar refractivity (Wildman–Crippen MR) is 88.8 cm³/mol. The van der Waals surface area contributed by atoms with Crippen molar-refractivity contribution in [3.05, 3.63) is 29.3 Å². The van der Waals surface area contributed by atoms with E-state index < -0.39 is 9.84 Å². The van der Waals surface area contributed by atoms with E-state index in [4.69, 9.17) is 0 Å². The first-order chi connectivity index (χ1) is 9.96. The lowest BCUT2D eigenvalue weighted by molar-refractivity contribution is 0.594. The fraction of sp³-hybridized carbons (Fsp3) is 0.625. The second-order valence-electron chi connectivity index (χ2n) is 5.73. The summed E-state index contributed by atoms with van der Waals surface area (Å²) in [5.41, 5.74) is 3.97. The Hall–Kier alpha value is -1.07. The first-order valence-corrected chi connectivity index (χ1v) is 9.54. The first-order valence-electron chi connectivity index (χ1n) is 7.72. The van der Waals surface area contributed by atoms with Crippen LogP contribution in [0, 0.1) is 0 Å². The Morgan fingerprint density at radius 2 is 2.14 bits per heavy atom. The van der Waals surface area contributed by atoms with Crippen LogP contribution in [0.15, 0.2) is 18.2 Å². The van der Waals surface area contributed by atoms with Crippen LogP contribution in [0.5, 0.6) is 0 Å². The molecule has 1 aliphatic rings. The van der Waals surface area contributed by atoms with Gasteiger partial charge >= 0.3 is 0 Å². The van der Waals surface area contributed by atoms with E-state index in [1.54, 1.807) is 6.92 Å². The molecule has 0 fully saturated rings. The zero-order valence-corrected chi connectivity index (χ0v) is 14.0. The van der Waals surface area contributed by atoms with Gasteiger partial charge in [-0.3, -0.25) is 0 Å². The third-order valence-electron chi connectivity index (χ3n) is 4.35. The molecule has 1 aromatic rings. The maximum absolute atomic E-state index is 11.5. The van der Waals surface area contributed by atoms with Crippen molar-refractivity contribution in [2.75, 3.05) is 36.5 Å². The molecule has 1 heterocycles. The van der Waals surface area contributed by atoms with Gasteiger partial charge in [0.15, 0.2) is 0 Å². The highest BCUT2D eigenvalue weighted by Crippen LogP contribution is 2.30. The summed E-state index contributed by atoms with van der Waals surface area (Å²) in [5, 5.41) is 3.26. The van der Waals surface area contributed by atoms with Crippen molar-refractivity contribution in [1.29, 1.82) is 0 Å². The normalized spacial score (nSPS) is 16.0. The lowest BCUT2D eigenvalue weighted by Gasteiger charge is -2.20. The summed E-state index contributed by atoms with van der Waals surface area (Å²) in [7, 11) is -0.874. The van der Waals surface area contributed by atoms with Crippen LogP contribution in [0.2, 0.25) is 0 Å². The number of nitrogens with zero attached hydrogens (tertiary/aromatic N) is 1. The Labute approximate surface area is 128 Å². The maximum Gasteiger partial charge on any atom is 0.150 e. The van der Waals surface area contributed by atoms with E-state index in [1.807, 2.05) is 7.05 Å². The Morgan fingerprint density at radius 1 is 1.38 bits per heavy atom. The fourth-order valence-corrected chi connectivity index (χ4v) is 3.64. The second kappa shape index (κ2) is 6.79. The Morgan fingerprint density at radius 3 is 2.81 bits per heavy atom. The standard InChI is InChI=1S/C16H26N2O2S/c1-4-21(19,20)11-5-9-18-10-8-15-12-14(13(2)17-3)6-7-16(15)18/h6-7,12-13,17H,4-5,8-11H2,1-3H3. The predicted octanol–water partition coefficient (Wildman–Crippen LogP) is 2.15. The van der Waals surface area contributed by atoms with Crippen LogP contribution in [0.4, 0.5) is 5.69 Å². The third-order valence-corrected chi connectivity index (χ3v) is 6.14. The Bertz CT molecular complexity index is 584. The molecule has 1 N–H and O–H groups in total. The van der Waals surface area contributed by atoms with Gasteiger partial charge in [-0.2, -0.15) is 0 Å². The molecular weight excluding hydrogens is 284 g/mol. The lowest BCUT2D eigenvalue weighted by Crippen LogP contribution is -2.24.